The number of hydrogen-bond acceptors (Lipinski definition) is 2. The average molecular weight is 326 g/mol. The molecule has 2 N–H and O–H groups in total. The lowest BCUT2D eigenvalue weighted by Crippen LogP contribution is -2.17. The molecule has 2 rings (SSSR count). The molecule has 19 heavy (non-hydrogen) atoms. The lowest BCUT2D eigenvalue weighted by Gasteiger charge is -2.15. The summed E-state index contributed by atoms with van der Waals surface area (Å²) in [6.45, 7) is 4.80. The third kappa shape index (κ3) is 3.04. The van der Waals surface area contributed by atoms with E-state index in [0.29, 0.717) is 10.9 Å². The van der Waals surface area contributed by atoms with Gasteiger partial charge in [-0.15, -0.1) is 0 Å². The second-order valence-electron chi connectivity index (χ2n) is 4.55. The summed E-state index contributed by atoms with van der Waals surface area (Å²) in [5.74, 6) is -0.284. The summed E-state index contributed by atoms with van der Waals surface area (Å²) in [4.78, 5) is 0. The van der Waals surface area contributed by atoms with E-state index in [4.69, 9.17) is 5.73 Å². The van der Waals surface area contributed by atoms with Gasteiger partial charge in [0, 0.05) is 24.7 Å². The van der Waals surface area contributed by atoms with Gasteiger partial charge in [0.25, 0.3) is 0 Å². The van der Waals surface area contributed by atoms with Crippen LogP contribution in [0.1, 0.15) is 29.9 Å². The van der Waals surface area contributed by atoms with Crippen LogP contribution in [0.15, 0.2) is 28.7 Å². The van der Waals surface area contributed by atoms with Crippen LogP contribution < -0.4 is 5.73 Å². The first-order valence-corrected chi connectivity index (χ1v) is 7.05. The SMILES string of the molecule is CCn1nc(C)cc1CC(N)c1cccc(F)c1Br. The van der Waals surface area contributed by atoms with Crippen LogP contribution in [0.25, 0.3) is 0 Å². The first-order chi connectivity index (χ1) is 9.02. The summed E-state index contributed by atoms with van der Waals surface area (Å²) < 4.78 is 15.9. The van der Waals surface area contributed by atoms with Gasteiger partial charge in [-0.3, -0.25) is 4.68 Å². The Kier molecular flexibility index (Phi) is 4.37. The first-order valence-electron chi connectivity index (χ1n) is 6.25. The van der Waals surface area contributed by atoms with Crippen molar-refractivity contribution in [3.63, 3.8) is 0 Å². The summed E-state index contributed by atoms with van der Waals surface area (Å²) in [6.07, 6.45) is 0.636. The minimum absolute atomic E-state index is 0.258. The zero-order chi connectivity index (χ0) is 14.0. The first kappa shape index (κ1) is 14.2. The van der Waals surface area contributed by atoms with Crippen LogP contribution >= 0.6 is 15.9 Å². The van der Waals surface area contributed by atoms with E-state index in [1.165, 1.54) is 6.07 Å². The standard InChI is InChI=1S/C14H17BrFN3/c1-3-19-10(7-9(2)18-19)8-13(17)11-5-4-6-12(16)14(11)15/h4-7,13H,3,8,17H2,1-2H3. The van der Waals surface area contributed by atoms with Crippen LogP contribution in [-0.2, 0) is 13.0 Å². The van der Waals surface area contributed by atoms with Gasteiger partial charge in [-0.05, 0) is 47.5 Å². The number of rotatable bonds is 4. The van der Waals surface area contributed by atoms with E-state index in [1.54, 1.807) is 6.07 Å². The number of nitrogens with two attached hydrogens (primary N) is 1. The Labute approximate surface area is 120 Å². The summed E-state index contributed by atoms with van der Waals surface area (Å²) in [5, 5.41) is 4.39. The van der Waals surface area contributed by atoms with Crippen molar-refractivity contribution in [1.29, 1.82) is 0 Å². The number of aromatic nitrogens is 2. The van der Waals surface area contributed by atoms with Gasteiger partial charge >= 0.3 is 0 Å². The monoisotopic (exact) mass is 325 g/mol. The largest absolute Gasteiger partial charge is 0.324 e. The van der Waals surface area contributed by atoms with Crippen LogP contribution in [0.2, 0.25) is 0 Å². The van der Waals surface area contributed by atoms with E-state index in [-0.39, 0.29) is 11.9 Å². The molecule has 1 unspecified atom stereocenters. The van der Waals surface area contributed by atoms with Gasteiger partial charge in [0.15, 0.2) is 0 Å². The molecular weight excluding hydrogens is 309 g/mol. The minimum Gasteiger partial charge on any atom is -0.324 e. The molecule has 102 valence electrons. The van der Waals surface area contributed by atoms with E-state index >= 15 is 0 Å². The Hall–Kier alpha value is -1.20. The number of aryl methyl sites for hydroxylation is 2. The molecule has 0 spiro atoms. The number of hydrogen-bond donors (Lipinski definition) is 1. The third-order valence-electron chi connectivity index (χ3n) is 3.10. The summed E-state index contributed by atoms with van der Waals surface area (Å²) >= 11 is 3.26. The van der Waals surface area contributed by atoms with Gasteiger partial charge in [0.05, 0.1) is 10.2 Å². The minimum atomic E-state index is -0.284. The Bertz CT molecular complexity index is 580. The summed E-state index contributed by atoms with van der Waals surface area (Å²) in [5.41, 5.74) is 9.02. The van der Waals surface area contributed by atoms with Gasteiger partial charge in [-0.25, -0.2) is 4.39 Å². The van der Waals surface area contributed by atoms with Crippen LogP contribution in [0, 0.1) is 12.7 Å². The smallest absolute Gasteiger partial charge is 0.137 e. The molecule has 2 aromatic rings. The van der Waals surface area contributed by atoms with Crippen LogP contribution in [0.4, 0.5) is 4.39 Å². The van der Waals surface area contributed by atoms with Gasteiger partial charge in [-0.2, -0.15) is 5.10 Å². The zero-order valence-corrected chi connectivity index (χ0v) is 12.6. The average Bonchev–Trinajstić information content (AvgIpc) is 2.72. The van der Waals surface area contributed by atoms with Crippen LogP contribution in [-0.4, -0.2) is 9.78 Å². The fourth-order valence-corrected chi connectivity index (χ4v) is 2.74. The molecule has 1 atom stereocenters. The molecule has 1 aromatic heterocycles. The summed E-state index contributed by atoms with van der Waals surface area (Å²) in [7, 11) is 0. The Morgan fingerprint density at radius 1 is 1.47 bits per heavy atom. The van der Waals surface area contributed by atoms with Gasteiger partial charge < -0.3 is 5.73 Å². The maximum absolute atomic E-state index is 13.5. The Balaban J connectivity index is 2.25. The fraction of sp³-hybridized carbons (Fsp3) is 0.357. The van der Waals surface area contributed by atoms with Crippen molar-refractivity contribution in [3.8, 4) is 0 Å². The lowest BCUT2D eigenvalue weighted by atomic mass is 10.0. The number of benzene rings is 1. The van der Waals surface area contributed by atoms with E-state index in [1.807, 2.05) is 30.7 Å². The highest BCUT2D eigenvalue weighted by atomic mass is 79.9. The topological polar surface area (TPSA) is 43.8 Å². The fourth-order valence-electron chi connectivity index (χ4n) is 2.18. The molecule has 0 aliphatic carbocycles. The number of nitrogens with zero attached hydrogens (tertiary/aromatic N) is 2. The maximum Gasteiger partial charge on any atom is 0.137 e. The van der Waals surface area contributed by atoms with Crippen LogP contribution in [0.5, 0.6) is 0 Å². The predicted octanol–water partition coefficient (Wildman–Crippen LogP) is 3.36. The molecule has 0 amide bonds. The number of halogens is 2. The second kappa shape index (κ2) is 5.84. The van der Waals surface area contributed by atoms with E-state index in [2.05, 4.69) is 21.0 Å². The molecule has 1 aromatic carbocycles. The third-order valence-corrected chi connectivity index (χ3v) is 3.93. The van der Waals surface area contributed by atoms with Crippen molar-refractivity contribution < 1.29 is 4.39 Å². The van der Waals surface area contributed by atoms with Crippen molar-refractivity contribution in [3.05, 3.63) is 51.5 Å². The van der Waals surface area contributed by atoms with Crippen molar-refractivity contribution in [2.45, 2.75) is 32.9 Å². The molecule has 0 aliphatic rings. The van der Waals surface area contributed by atoms with Crippen molar-refractivity contribution in [2.75, 3.05) is 0 Å². The van der Waals surface area contributed by atoms with Crippen molar-refractivity contribution in [1.82, 2.24) is 9.78 Å². The van der Waals surface area contributed by atoms with E-state index in [0.717, 1.165) is 23.5 Å². The van der Waals surface area contributed by atoms with Crippen molar-refractivity contribution >= 4 is 15.9 Å². The van der Waals surface area contributed by atoms with E-state index in [9.17, 15) is 4.39 Å². The lowest BCUT2D eigenvalue weighted by molar-refractivity contribution is 0.579. The quantitative estimate of drug-likeness (QED) is 0.936. The highest BCUT2D eigenvalue weighted by Gasteiger charge is 2.15. The highest BCUT2D eigenvalue weighted by molar-refractivity contribution is 9.10. The van der Waals surface area contributed by atoms with Crippen LogP contribution in [0.3, 0.4) is 0 Å². The maximum atomic E-state index is 13.5. The summed E-state index contributed by atoms with van der Waals surface area (Å²) in [6, 6.07) is 6.71. The molecular formula is C14H17BrFN3. The van der Waals surface area contributed by atoms with Gasteiger partial charge in [0.2, 0.25) is 0 Å². The van der Waals surface area contributed by atoms with Crippen molar-refractivity contribution in [2.24, 2.45) is 5.73 Å². The molecule has 0 saturated heterocycles. The molecule has 0 fully saturated rings. The highest BCUT2D eigenvalue weighted by Crippen LogP contribution is 2.27. The molecule has 1 heterocycles. The normalized spacial score (nSPS) is 12.7. The molecule has 0 radical (unpaired) electrons. The molecule has 5 heteroatoms. The van der Waals surface area contributed by atoms with E-state index < -0.39 is 0 Å². The Morgan fingerprint density at radius 2 is 2.21 bits per heavy atom. The van der Waals surface area contributed by atoms with Gasteiger partial charge in [0.1, 0.15) is 5.82 Å². The second-order valence-corrected chi connectivity index (χ2v) is 5.34. The molecule has 3 nitrogen and oxygen atoms in total. The van der Waals surface area contributed by atoms with Gasteiger partial charge in [-0.1, -0.05) is 12.1 Å². The predicted molar refractivity (Wildman–Crippen MR) is 77.4 cm³/mol. The molecule has 0 saturated carbocycles. The Morgan fingerprint density at radius 3 is 2.89 bits per heavy atom. The zero-order valence-electron chi connectivity index (χ0n) is 11.0. The molecule has 0 bridgehead atoms. The molecule has 0 aliphatic heterocycles.